The molecule has 1 aromatic rings. The van der Waals surface area contributed by atoms with Gasteiger partial charge in [-0.3, -0.25) is 4.98 Å². The van der Waals surface area contributed by atoms with Crippen LogP contribution >= 0.6 is 0 Å². The molecule has 0 saturated carbocycles. The maximum atomic E-state index is 3.78. The van der Waals surface area contributed by atoms with Crippen LogP contribution in [0.2, 0.25) is 0 Å². The second-order valence-electron chi connectivity index (χ2n) is 2.73. The summed E-state index contributed by atoms with van der Waals surface area (Å²) in [7, 11) is 0. The molecule has 1 nitrogen and oxygen atoms in total. The molecule has 0 unspecified atom stereocenters. The lowest BCUT2D eigenvalue weighted by atomic mass is 10.2. The van der Waals surface area contributed by atoms with Crippen LogP contribution in [0, 0.1) is 0 Å². The van der Waals surface area contributed by atoms with Gasteiger partial charge >= 0.3 is 0 Å². The summed E-state index contributed by atoms with van der Waals surface area (Å²) in [6.45, 7) is 4.46. The molecule has 0 amide bonds. The molecule has 0 aromatic carbocycles. The van der Waals surface area contributed by atoms with Crippen LogP contribution in [0.25, 0.3) is 0 Å². The van der Waals surface area contributed by atoms with Gasteiger partial charge in [-0.05, 0) is 12.1 Å². The van der Waals surface area contributed by atoms with E-state index in [1.54, 1.807) is 12.4 Å². The summed E-state index contributed by atoms with van der Waals surface area (Å²) in [5.41, 5.74) is 0. The first kappa shape index (κ1) is 11.2. The van der Waals surface area contributed by atoms with Gasteiger partial charge in [0.25, 0.3) is 0 Å². The van der Waals surface area contributed by atoms with Gasteiger partial charge in [0.2, 0.25) is 0 Å². The molecule has 0 saturated heterocycles. The fraction of sp³-hybridized carbons (Fsp3) is 0.545. The molecular weight excluding hydrogens is 146 g/mol. The maximum Gasteiger partial charge on any atom is 0.0267 e. The lowest BCUT2D eigenvalue weighted by molar-refractivity contribution is 0.702. The fourth-order valence-corrected chi connectivity index (χ4v) is 0.813. The molecule has 0 radical (unpaired) electrons. The molecule has 0 bridgehead atoms. The zero-order valence-corrected chi connectivity index (χ0v) is 8.16. The standard InChI is InChI=1S/C6H14.C5H5N/c1-3-5-6-4-2;1-2-4-6-5-3-1/h3-6H2,1-2H3;1-5H. The number of hydrogen-bond acceptors (Lipinski definition) is 1. The van der Waals surface area contributed by atoms with Gasteiger partial charge in [-0.25, -0.2) is 0 Å². The Labute approximate surface area is 75.8 Å². The number of unbranched alkanes of at least 4 members (excludes halogenated alkanes) is 3. The highest BCUT2D eigenvalue weighted by Gasteiger charge is 1.75. The monoisotopic (exact) mass is 165 g/mol. The molecule has 1 heteroatoms. The number of hydrogen-bond donors (Lipinski definition) is 0. The van der Waals surface area contributed by atoms with Crippen molar-refractivity contribution in [2.75, 3.05) is 0 Å². The summed E-state index contributed by atoms with van der Waals surface area (Å²) in [5.74, 6) is 0. The van der Waals surface area contributed by atoms with E-state index in [9.17, 15) is 0 Å². The smallest absolute Gasteiger partial charge is 0.0267 e. The van der Waals surface area contributed by atoms with Crippen molar-refractivity contribution in [3.05, 3.63) is 30.6 Å². The number of rotatable bonds is 3. The van der Waals surface area contributed by atoms with Gasteiger partial charge in [-0.1, -0.05) is 45.6 Å². The van der Waals surface area contributed by atoms with Crippen molar-refractivity contribution in [2.24, 2.45) is 0 Å². The molecule has 0 aliphatic heterocycles. The minimum atomic E-state index is 1.36. The van der Waals surface area contributed by atoms with Crippen LogP contribution in [0.5, 0.6) is 0 Å². The third-order valence-corrected chi connectivity index (χ3v) is 1.52. The first-order chi connectivity index (χ1) is 5.91. The Kier molecular flexibility index (Phi) is 9.43. The van der Waals surface area contributed by atoms with Gasteiger partial charge in [-0.2, -0.15) is 0 Å². The van der Waals surface area contributed by atoms with Gasteiger partial charge in [0.05, 0.1) is 0 Å². The average molecular weight is 165 g/mol. The molecule has 0 spiro atoms. The first-order valence-electron chi connectivity index (χ1n) is 4.76. The molecule has 0 fully saturated rings. The van der Waals surface area contributed by atoms with Crippen LogP contribution in [0.3, 0.4) is 0 Å². The van der Waals surface area contributed by atoms with E-state index in [4.69, 9.17) is 0 Å². The number of nitrogens with zero attached hydrogens (tertiary/aromatic N) is 1. The molecule has 0 atom stereocenters. The quantitative estimate of drug-likeness (QED) is 0.623. The van der Waals surface area contributed by atoms with Crippen LogP contribution in [-0.2, 0) is 0 Å². The SMILES string of the molecule is CCCCCC.c1ccncc1. The normalized spacial score (nSPS) is 8.50. The third kappa shape index (κ3) is 9.15. The Balaban J connectivity index is 0.000000202. The van der Waals surface area contributed by atoms with Crippen LogP contribution < -0.4 is 0 Å². The van der Waals surface area contributed by atoms with Crippen molar-refractivity contribution in [3.63, 3.8) is 0 Å². The lowest BCUT2D eigenvalue weighted by Gasteiger charge is -1.86. The number of pyridine rings is 1. The minimum absolute atomic E-state index is 1.36. The topological polar surface area (TPSA) is 12.9 Å². The summed E-state index contributed by atoms with van der Waals surface area (Å²) < 4.78 is 0. The van der Waals surface area contributed by atoms with Crippen molar-refractivity contribution >= 4 is 0 Å². The van der Waals surface area contributed by atoms with Crippen LogP contribution in [0.4, 0.5) is 0 Å². The molecular formula is C11H19N. The zero-order chi connectivity index (χ0) is 9.07. The highest BCUT2D eigenvalue weighted by molar-refractivity contribution is 4.88. The van der Waals surface area contributed by atoms with Crippen LogP contribution in [0.1, 0.15) is 39.5 Å². The molecule has 0 aliphatic carbocycles. The summed E-state index contributed by atoms with van der Waals surface area (Å²) >= 11 is 0. The first-order valence-corrected chi connectivity index (χ1v) is 4.76. The minimum Gasteiger partial charge on any atom is -0.265 e. The van der Waals surface area contributed by atoms with Gasteiger partial charge in [0.1, 0.15) is 0 Å². The fourth-order valence-electron chi connectivity index (χ4n) is 0.813. The Morgan fingerprint density at radius 3 is 1.50 bits per heavy atom. The highest BCUT2D eigenvalue weighted by atomic mass is 14.6. The lowest BCUT2D eigenvalue weighted by Crippen LogP contribution is -1.66. The summed E-state index contributed by atoms with van der Waals surface area (Å²) in [6.07, 6.45) is 9.04. The van der Waals surface area contributed by atoms with Crippen molar-refractivity contribution in [3.8, 4) is 0 Å². The van der Waals surface area contributed by atoms with Crippen molar-refractivity contribution in [2.45, 2.75) is 39.5 Å². The predicted octanol–water partition coefficient (Wildman–Crippen LogP) is 3.67. The predicted molar refractivity (Wildman–Crippen MR) is 54.1 cm³/mol. The van der Waals surface area contributed by atoms with Crippen LogP contribution in [-0.4, -0.2) is 4.98 Å². The van der Waals surface area contributed by atoms with Gasteiger partial charge in [-0.15, -0.1) is 0 Å². The van der Waals surface area contributed by atoms with Crippen molar-refractivity contribution < 1.29 is 0 Å². The highest BCUT2D eigenvalue weighted by Crippen LogP contribution is 1.95. The Morgan fingerprint density at radius 1 is 0.833 bits per heavy atom. The van der Waals surface area contributed by atoms with E-state index >= 15 is 0 Å². The Hall–Kier alpha value is -0.850. The number of aromatic nitrogens is 1. The maximum absolute atomic E-state index is 3.78. The van der Waals surface area contributed by atoms with Gasteiger partial charge in [0, 0.05) is 12.4 Å². The Bertz CT molecular complexity index is 118. The van der Waals surface area contributed by atoms with E-state index in [-0.39, 0.29) is 0 Å². The van der Waals surface area contributed by atoms with E-state index < -0.39 is 0 Å². The third-order valence-electron chi connectivity index (χ3n) is 1.52. The van der Waals surface area contributed by atoms with E-state index in [0.717, 1.165) is 0 Å². The van der Waals surface area contributed by atoms with Gasteiger partial charge in [0.15, 0.2) is 0 Å². The zero-order valence-electron chi connectivity index (χ0n) is 8.16. The van der Waals surface area contributed by atoms with Gasteiger partial charge < -0.3 is 0 Å². The largest absolute Gasteiger partial charge is 0.265 e. The molecule has 1 aromatic heterocycles. The molecule has 12 heavy (non-hydrogen) atoms. The summed E-state index contributed by atoms with van der Waals surface area (Å²) in [4.78, 5) is 3.78. The van der Waals surface area contributed by atoms with Crippen molar-refractivity contribution in [1.29, 1.82) is 0 Å². The molecule has 0 N–H and O–H groups in total. The molecule has 0 aliphatic rings. The van der Waals surface area contributed by atoms with E-state index in [1.807, 2.05) is 18.2 Å². The molecule has 1 heterocycles. The second kappa shape index (κ2) is 10.2. The van der Waals surface area contributed by atoms with Crippen molar-refractivity contribution in [1.82, 2.24) is 4.98 Å². The second-order valence-corrected chi connectivity index (χ2v) is 2.73. The van der Waals surface area contributed by atoms with E-state index in [2.05, 4.69) is 18.8 Å². The Morgan fingerprint density at radius 2 is 1.33 bits per heavy atom. The van der Waals surface area contributed by atoms with E-state index in [1.165, 1.54) is 25.7 Å². The molecule has 1 rings (SSSR count). The van der Waals surface area contributed by atoms with Crippen LogP contribution in [0.15, 0.2) is 30.6 Å². The molecule has 68 valence electrons. The summed E-state index contributed by atoms with van der Waals surface area (Å²) in [5, 5.41) is 0. The summed E-state index contributed by atoms with van der Waals surface area (Å²) in [6, 6.07) is 5.72. The van der Waals surface area contributed by atoms with E-state index in [0.29, 0.717) is 0 Å². The average Bonchev–Trinajstić information content (AvgIpc) is 2.18.